The summed E-state index contributed by atoms with van der Waals surface area (Å²) in [5.74, 6) is -0.249. The Bertz CT molecular complexity index is 567. The molecule has 0 spiro atoms. The molecule has 1 fully saturated rings. The zero-order chi connectivity index (χ0) is 14.0. The Labute approximate surface area is 116 Å². The smallest absolute Gasteiger partial charge is 0.293 e. The molecule has 0 atom stereocenters. The van der Waals surface area contributed by atoms with Crippen LogP contribution in [0.5, 0.6) is 0 Å². The van der Waals surface area contributed by atoms with Gasteiger partial charge in [-0.05, 0) is 42.8 Å². The molecular formula is C14H16N2O2S. The summed E-state index contributed by atoms with van der Waals surface area (Å²) >= 11 is 0.974. The highest BCUT2D eigenvalue weighted by molar-refractivity contribution is 8.18. The number of hydrogen-bond donors (Lipinski definition) is 1. The molecule has 2 rings (SSSR count). The van der Waals surface area contributed by atoms with E-state index in [9.17, 15) is 9.59 Å². The molecule has 1 aromatic rings. The summed E-state index contributed by atoms with van der Waals surface area (Å²) in [6.07, 6.45) is 1.78. The minimum absolute atomic E-state index is 0.244. The molecule has 0 saturated carbocycles. The topological polar surface area (TPSA) is 63.4 Å². The first-order valence-electron chi connectivity index (χ1n) is 6.05. The summed E-state index contributed by atoms with van der Waals surface area (Å²) in [6, 6.07) is 6.03. The largest absolute Gasteiger partial charge is 0.329 e. The molecule has 0 aliphatic carbocycles. The van der Waals surface area contributed by atoms with Crippen molar-refractivity contribution < 1.29 is 9.59 Å². The van der Waals surface area contributed by atoms with Gasteiger partial charge in [-0.15, -0.1) is 0 Å². The number of carbonyl (C=O) groups is 2. The molecule has 0 aromatic heterocycles. The zero-order valence-electron chi connectivity index (χ0n) is 11.0. The second kappa shape index (κ2) is 5.59. The first-order chi connectivity index (χ1) is 9.02. The minimum Gasteiger partial charge on any atom is -0.329 e. The van der Waals surface area contributed by atoms with Crippen molar-refractivity contribution in [2.24, 2.45) is 5.73 Å². The lowest BCUT2D eigenvalue weighted by atomic mass is 10.1. The van der Waals surface area contributed by atoms with Crippen molar-refractivity contribution in [3.63, 3.8) is 0 Å². The Morgan fingerprint density at radius 3 is 2.74 bits per heavy atom. The van der Waals surface area contributed by atoms with Crippen LogP contribution in [0.4, 0.5) is 4.79 Å². The molecular weight excluding hydrogens is 260 g/mol. The minimum atomic E-state index is -0.249. The van der Waals surface area contributed by atoms with Crippen molar-refractivity contribution in [3.8, 4) is 0 Å². The third kappa shape index (κ3) is 2.88. The Morgan fingerprint density at radius 1 is 1.32 bits per heavy atom. The highest BCUT2D eigenvalue weighted by atomic mass is 32.2. The predicted octanol–water partition coefficient (Wildman–Crippen LogP) is 2.30. The number of imide groups is 1. The molecule has 19 heavy (non-hydrogen) atoms. The van der Waals surface area contributed by atoms with E-state index in [0.717, 1.165) is 28.5 Å². The van der Waals surface area contributed by atoms with E-state index in [1.807, 2.05) is 32.0 Å². The number of rotatable bonds is 3. The van der Waals surface area contributed by atoms with E-state index in [1.165, 1.54) is 4.90 Å². The number of hydrogen-bond acceptors (Lipinski definition) is 4. The molecule has 0 bridgehead atoms. The van der Waals surface area contributed by atoms with Crippen LogP contribution >= 0.6 is 11.8 Å². The molecule has 1 aliphatic rings. The fraction of sp³-hybridized carbons (Fsp3) is 0.286. The molecule has 1 heterocycles. The van der Waals surface area contributed by atoms with Crippen LogP contribution in [0.1, 0.15) is 16.7 Å². The quantitative estimate of drug-likeness (QED) is 0.860. The van der Waals surface area contributed by atoms with E-state index < -0.39 is 0 Å². The summed E-state index contributed by atoms with van der Waals surface area (Å²) < 4.78 is 0. The van der Waals surface area contributed by atoms with E-state index in [2.05, 4.69) is 0 Å². The fourth-order valence-electron chi connectivity index (χ4n) is 1.88. The van der Waals surface area contributed by atoms with Crippen LogP contribution in [0.3, 0.4) is 0 Å². The lowest BCUT2D eigenvalue weighted by Crippen LogP contribution is -2.33. The van der Waals surface area contributed by atoms with Gasteiger partial charge in [-0.1, -0.05) is 23.8 Å². The maximum Gasteiger partial charge on any atom is 0.293 e. The van der Waals surface area contributed by atoms with Gasteiger partial charge >= 0.3 is 0 Å². The number of amides is 2. The third-order valence-corrected chi connectivity index (χ3v) is 3.86. The standard InChI is InChI=1S/C14H16N2O2S/c1-9-3-4-10(2)11(7-9)8-12-13(17)16(6-5-15)14(18)19-12/h3-4,7-8H,5-6,15H2,1-2H3/b12-8-. The van der Waals surface area contributed by atoms with Crippen molar-refractivity contribution in [3.05, 3.63) is 39.8 Å². The predicted molar refractivity (Wildman–Crippen MR) is 77.6 cm³/mol. The van der Waals surface area contributed by atoms with Crippen LogP contribution in [0.15, 0.2) is 23.1 Å². The second-order valence-corrected chi connectivity index (χ2v) is 5.48. The van der Waals surface area contributed by atoms with E-state index in [4.69, 9.17) is 5.73 Å². The lowest BCUT2D eigenvalue weighted by Gasteiger charge is -2.09. The van der Waals surface area contributed by atoms with Gasteiger partial charge < -0.3 is 5.73 Å². The van der Waals surface area contributed by atoms with Gasteiger partial charge in [-0.2, -0.15) is 0 Å². The number of nitrogens with two attached hydrogens (primary N) is 1. The highest BCUT2D eigenvalue weighted by Gasteiger charge is 2.34. The van der Waals surface area contributed by atoms with Gasteiger partial charge in [0.05, 0.1) is 4.91 Å². The number of carbonyl (C=O) groups excluding carboxylic acids is 2. The van der Waals surface area contributed by atoms with Gasteiger partial charge in [0, 0.05) is 13.1 Å². The molecule has 0 radical (unpaired) electrons. The zero-order valence-corrected chi connectivity index (χ0v) is 11.8. The average Bonchev–Trinajstić information content (AvgIpc) is 2.62. The van der Waals surface area contributed by atoms with E-state index >= 15 is 0 Å². The van der Waals surface area contributed by atoms with Crippen molar-refractivity contribution >= 4 is 29.0 Å². The summed E-state index contributed by atoms with van der Waals surface area (Å²) in [7, 11) is 0. The first-order valence-corrected chi connectivity index (χ1v) is 6.87. The highest BCUT2D eigenvalue weighted by Crippen LogP contribution is 2.32. The SMILES string of the molecule is Cc1ccc(C)c(/C=C2\SC(=O)N(CCN)C2=O)c1. The Kier molecular flexibility index (Phi) is 4.07. The summed E-state index contributed by atoms with van der Waals surface area (Å²) in [6.45, 7) is 4.54. The van der Waals surface area contributed by atoms with Crippen molar-refractivity contribution in [1.82, 2.24) is 4.90 Å². The molecule has 5 heteroatoms. The fourth-order valence-corrected chi connectivity index (χ4v) is 2.73. The molecule has 2 N–H and O–H groups in total. The number of nitrogens with zero attached hydrogens (tertiary/aromatic N) is 1. The average molecular weight is 276 g/mol. The van der Waals surface area contributed by atoms with Gasteiger partial charge in [0.25, 0.3) is 11.1 Å². The molecule has 2 amide bonds. The number of aryl methyl sites for hydroxylation is 2. The normalized spacial score (nSPS) is 17.6. The van der Waals surface area contributed by atoms with Crippen LogP contribution < -0.4 is 5.73 Å². The molecule has 4 nitrogen and oxygen atoms in total. The Balaban J connectivity index is 2.32. The third-order valence-electron chi connectivity index (χ3n) is 2.95. The summed E-state index contributed by atoms with van der Waals surface area (Å²) in [5, 5.41) is -0.244. The van der Waals surface area contributed by atoms with Gasteiger partial charge in [-0.25, -0.2) is 0 Å². The molecule has 1 aliphatic heterocycles. The maximum atomic E-state index is 12.1. The van der Waals surface area contributed by atoms with Crippen LogP contribution in [0, 0.1) is 13.8 Å². The van der Waals surface area contributed by atoms with E-state index in [-0.39, 0.29) is 24.2 Å². The molecule has 1 aromatic carbocycles. The first kappa shape index (κ1) is 13.8. The summed E-state index contributed by atoms with van der Waals surface area (Å²) in [4.78, 5) is 25.4. The number of thioether (sulfide) groups is 1. The van der Waals surface area contributed by atoms with Crippen LogP contribution in [-0.4, -0.2) is 29.1 Å². The second-order valence-electron chi connectivity index (χ2n) is 4.48. The van der Waals surface area contributed by atoms with Crippen molar-refractivity contribution in [2.75, 3.05) is 13.1 Å². The Morgan fingerprint density at radius 2 is 2.05 bits per heavy atom. The van der Waals surface area contributed by atoms with Crippen molar-refractivity contribution in [2.45, 2.75) is 13.8 Å². The van der Waals surface area contributed by atoms with E-state index in [1.54, 1.807) is 6.08 Å². The number of benzene rings is 1. The molecule has 1 saturated heterocycles. The van der Waals surface area contributed by atoms with Gasteiger partial charge in [0.1, 0.15) is 0 Å². The van der Waals surface area contributed by atoms with Crippen LogP contribution in [0.2, 0.25) is 0 Å². The summed E-state index contributed by atoms with van der Waals surface area (Å²) in [5.41, 5.74) is 8.57. The monoisotopic (exact) mass is 276 g/mol. The van der Waals surface area contributed by atoms with Gasteiger partial charge in [0.15, 0.2) is 0 Å². The van der Waals surface area contributed by atoms with Crippen LogP contribution in [0.25, 0.3) is 6.08 Å². The lowest BCUT2D eigenvalue weighted by molar-refractivity contribution is -0.122. The molecule has 0 unspecified atom stereocenters. The van der Waals surface area contributed by atoms with Gasteiger partial charge in [0.2, 0.25) is 0 Å². The Hall–Kier alpha value is -1.59. The molecule has 100 valence electrons. The maximum absolute atomic E-state index is 12.1. The van der Waals surface area contributed by atoms with Crippen molar-refractivity contribution in [1.29, 1.82) is 0 Å². The van der Waals surface area contributed by atoms with Crippen LogP contribution in [-0.2, 0) is 4.79 Å². The van der Waals surface area contributed by atoms with Gasteiger partial charge in [-0.3, -0.25) is 14.5 Å². The van der Waals surface area contributed by atoms with E-state index in [0.29, 0.717) is 4.91 Å².